The monoisotopic (exact) mass is 451 g/mol. The Hall–Kier alpha value is -3.61. The van der Waals surface area contributed by atoms with Crippen LogP contribution in [-0.4, -0.2) is 16.8 Å². The Kier molecular flexibility index (Phi) is 6.02. The molecule has 2 aromatic heterocycles. The first kappa shape index (κ1) is 20.7. The minimum atomic E-state index is -0.496. The molecule has 0 fully saturated rings. The van der Waals surface area contributed by atoms with E-state index in [1.54, 1.807) is 79.0 Å². The number of pyridine rings is 1. The van der Waals surface area contributed by atoms with Crippen LogP contribution in [-0.2, 0) is 0 Å². The van der Waals surface area contributed by atoms with Gasteiger partial charge in [-0.15, -0.1) is 0 Å². The first-order valence-corrected chi connectivity index (χ1v) is 9.95. The molecule has 0 radical (unpaired) electrons. The Morgan fingerprint density at radius 1 is 0.806 bits per heavy atom. The van der Waals surface area contributed by atoms with E-state index in [0.717, 1.165) is 0 Å². The average Bonchev–Trinajstić information content (AvgIpc) is 3.27. The Bertz CT molecular complexity index is 1260. The third kappa shape index (κ3) is 4.77. The highest BCUT2D eigenvalue weighted by atomic mass is 35.5. The van der Waals surface area contributed by atoms with Gasteiger partial charge < -0.3 is 15.1 Å². The molecule has 0 atom stereocenters. The third-order valence-electron chi connectivity index (χ3n) is 4.36. The summed E-state index contributed by atoms with van der Waals surface area (Å²) < 4.78 is 5.67. The van der Waals surface area contributed by atoms with Crippen LogP contribution in [0.25, 0.3) is 11.3 Å². The van der Waals surface area contributed by atoms with Crippen molar-refractivity contribution < 1.29 is 14.0 Å². The van der Waals surface area contributed by atoms with Gasteiger partial charge in [0, 0.05) is 11.8 Å². The molecule has 4 rings (SSSR count). The number of furan rings is 1. The number of nitrogens with one attached hydrogen (secondary N) is 2. The highest BCUT2D eigenvalue weighted by Crippen LogP contribution is 2.30. The maximum atomic E-state index is 12.7. The summed E-state index contributed by atoms with van der Waals surface area (Å²) in [7, 11) is 0. The SMILES string of the molecule is O=C(Nc1ccccc1C(=O)Nc1ccccn1)c1ccc(-c2ccc(Cl)c(Cl)c2)o1. The van der Waals surface area contributed by atoms with E-state index in [1.807, 2.05) is 0 Å². The van der Waals surface area contributed by atoms with Gasteiger partial charge in [0.25, 0.3) is 11.8 Å². The van der Waals surface area contributed by atoms with Crippen LogP contribution in [0.2, 0.25) is 10.0 Å². The molecule has 31 heavy (non-hydrogen) atoms. The largest absolute Gasteiger partial charge is 0.451 e. The minimum absolute atomic E-state index is 0.0843. The Morgan fingerprint density at radius 3 is 2.39 bits per heavy atom. The van der Waals surface area contributed by atoms with E-state index in [1.165, 1.54) is 0 Å². The number of nitrogens with zero attached hydrogens (tertiary/aromatic N) is 1. The van der Waals surface area contributed by atoms with E-state index in [0.29, 0.717) is 32.9 Å². The summed E-state index contributed by atoms with van der Waals surface area (Å²) in [5.74, 6) is 0.0618. The zero-order chi connectivity index (χ0) is 21.8. The van der Waals surface area contributed by atoms with Gasteiger partial charge in [-0.25, -0.2) is 4.98 Å². The number of carbonyl (C=O) groups is 2. The van der Waals surface area contributed by atoms with E-state index in [9.17, 15) is 9.59 Å². The van der Waals surface area contributed by atoms with Gasteiger partial charge in [-0.3, -0.25) is 9.59 Å². The van der Waals surface area contributed by atoms with Crippen LogP contribution in [0.4, 0.5) is 11.5 Å². The van der Waals surface area contributed by atoms with Gasteiger partial charge in [-0.2, -0.15) is 0 Å². The Morgan fingerprint density at radius 2 is 1.61 bits per heavy atom. The molecule has 2 heterocycles. The van der Waals surface area contributed by atoms with Crippen molar-refractivity contribution in [2.45, 2.75) is 0 Å². The second-order valence-corrected chi connectivity index (χ2v) is 7.28. The standard InChI is InChI=1S/C23H15Cl2N3O3/c24-16-9-8-14(13-17(16)25)19-10-11-20(31-19)23(30)27-18-6-2-1-5-15(18)22(29)28-21-7-3-4-12-26-21/h1-13H,(H,27,30)(H,26,28,29). The highest BCUT2D eigenvalue weighted by Gasteiger charge is 2.17. The van der Waals surface area contributed by atoms with Gasteiger partial charge in [0.2, 0.25) is 0 Å². The molecular formula is C23H15Cl2N3O3. The van der Waals surface area contributed by atoms with Crippen molar-refractivity contribution in [3.05, 3.63) is 100 Å². The number of carbonyl (C=O) groups excluding carboxylic acids is 2. The second-order valence-electron chi connectivity index (χ2n) is 6.46. The summed E-state index contributed by atoms with van der Waals surface area (Å²) in [6.45, 7) is 0. The number of benzene rings is 2. The van der Waals surface area contributed by atoms with E-state index in [4.69, 9.17) is 27.6 Å². The molecule has 0 aliphatic rings. The zero-order valence-corrected chi connectivity index (χ0v) is 17.4. The molecule has 4 aromatic rings. The highest BCUT2D eigenvalue weighted by molar-refractivity contribution is 6.42. The fraction of sp³-hybridized carbons (Fsp3) is 0. The summed E-state index contributed by atoms with van der Waals surface area (Å²) in [5, 5.41) is 6.23. The number of hydrogen-bond donors (Lipinski definition) is 2. The maximum Gasteiger partial charge on any atom is 0.291 e. The fourth-order valence-corrected chi connectivity index (χ4v) is 3.16. The summed E-state index contributed by atoms with van der Waals surface area (Å²) in [5.41, 5.74) is 1.31. The molecule has 2 N–H and O–H groups in total. The molecule has 2 amide bonds. The van der Waals surface area contributed by atoms with Gasteiger partial charge in [0.15, 0.2) is 5.76 Å². The fourth-order valence-electron chi connectivity index (χ4n) is 2.86. The molecule has 2 aromatic carbocycles. The number of para-hydroxylation sites is 1. The van der Waals surface area contributed by atoms with E-state index in [2.05, 4.69) is 15.6 Å². The molecule has 154 valence electrons. The van der Waals surface area contributed by atoms with Crippen molar-refractivity contribution in [1.82, 2.24) is 4.98 Å². The van der Waals surface area contributed by atoms with E-state index >= 15 is 0 Å². The lowest BCUT2D eigenvalue weighted by atomic mass is 10.1. The predicted octanol–water partition coefficient (Wildman–Crippen LogP) is 6.15. The topological polar surface area (TPSA) is 84.2 Å². The average molecular weight is 452 g/mol. The number of halogens is 2. The van der Waals surface area contributed by atoms with Gasteiger partial charge in [-0.05, 0) is 54.6 Å². The Balaban J connectivity index is 1.52. The normalized spacial score (nSPS) is 10.5. The van der Waals surface area contributed by atoms with Gasteiger partial charge >= 0.3 is 0 Å². The van der Waals surface area contributed by atoms with Crippen molar-refractivity contribution in [2.75, 3.05) is 10.6 Å². The van der Waals surface area contributed by atoms with Crippen LogP contribution in [0.1, 0.15) is 20.9 Å². The van der Waals surface area contributed by atoms with Crippen LogP contribution >= 0.6 is 23.2 Å². The van der Waals surface area contributed by atoms with Gasteiger partial charge in [0.05, 0.1) is 21.3 Å². The van der Waals surface area contributed by atoms with Crippen molar-refractivity contribution in [3.8, 4) is 11.3 Å². The summed E-state index contributed by atoms with van der Waals surface area (Å²) in [6.07, 6.45) is 1.58. The van der Waals surface area contributed by atoms with Crippen molar-refractivity contribution >= 4 is 46.5 Å². The minimum Gasteiger partial charge on any atom is -0.451 e. The van der Waals surface area contributed by atoms with Gasteiger partial charge in [0.1, 0.15) is 11.6 Å². The quantitative estimate of drug-likeness (QED) is 0.380. The maximum absolute atomic E-state index is 12.7. The molecule has 0 spiro atoms. The summed E-state index contributed by atoms with van der Waals surface area (Å²) in [4.78, 5) is 29.4. The first-order chi connectivity index (χ1) is 15.0. The van der Waals surface area contributed by atoms with Crippen LogP contribution in [0, 0.1) is 0 Å². The Labute approximate surface area is 187 Å². The van der Waals surface area contributed by atoms with Crippen molar-refractivity contribution in [1.29, 1.82) is 0 Å². The molecular weight excluding hydrogens is 437 g/mol. The molecule has 0 aliphatic carbocycles. The number of aromatic nitrogens is 1. The van der Waals surface area contributed by atoms with Crippen molar-refractivity contribution in [2.24, 2.45) is 0 Å². The number of hydrogen-bond acceptors (Lipinski definition) is 4. The molecule has 0 saturated carbocycles. The van der Waals surface area contributed by atoms with Crippen LogP contribution < -0.4 is 10.6 Å². The van der Waals surface area contributed by atoms with E-state index < -0.39 is 11.8 Å². The number of rotatable bonds is 5. The molecule has 0 saturated heterocycles. The predicted molar refractivity (Wildman–Crippen MR) is 121 cm³/mol. The lowest BCUT2D eigenvalue weighted by Gasteiger charge is -2.10. The zero-order valence-electron chi connectivity index (χ0n) is 15.9. The van der Waals surface area contributed by atoms with E-state index in [-0.39, 0.29) is 11.3 Å². The molecule has 8 heteroatoms. The molecule has 0 bridgehead atoms. The summed E-state index contributed by atoms with van der Waals surface area (Å²) in [6, 6.07) is 20.1. The van der Waals surface area contributed by atoms with Crippen LogP contribution in [0.5, 0.6) is 0 Å². The smallest absolute Gasteiger partial charge is 0.291 e. The lowest BCUT2D eigenvalue weighted by Crippen LogP contribution is -2.18. The van der Waals surface area contributed by atoms with Gasteiger partial charge in [-0.1, -0.05) is 41.4 Å². The third-order valence-corrected chi connectivity index (χ3v) is 5.10. The molecule has 0 aliphatic heterocycles. The second kappa shape index (κ2) is 9.04. The molecule has 0 unspecified atom stereocenters. The van der Waals surface area contributed by atoms with Crippen molar-refractivity contribution in [3.63, 3.8) is 0 Å². The number of anilines is 2. The lowest BCUT2D eigenvalue weighted by molar-refractivity contribution is 0.0997. The summed E-state index contributed by atoms with van der Waals surface area (Å²) >= 11 is 12.0. The molecule has 6 nitrogen and oxygen atoms in total. The first-order valence-electron chi connectivity index (χ1n) is 9.19. The van der Waals surface area contributed by atoms with Crippen LogP contribution in [0.15, 0.2) is 83.4 Å². The number of amides is 2. The van der Waals surface area contributed by atoms with Crippen LogP contribution in [0.3, 0.4) is 0 Å².